The van der Waals surface area contributed by atoms with Gasteiger partial charge in [-0.05, 0) is 31.9 Å². The van der Waals surface area contributed by atoms with E-state index in [0.29, 0.717) is 22.4 Å². The summed E-state index contributed by atoms with van der Waals surface area (Å²) in [6.45, 7) is 1.84. The van der Waals surface area contributed by atoms with Crippen molar-refractivity contribution in [1.82, 2.24) is 9.97 Å². The SMILES string of the molecule is Cc1cc(N)nc(SCC(=O)Nc2ccc3c(c2)OC2(CCCCC2)O3)n1. The summed E-state index contributed by atoms with van der Waals surface area (Å²) in [6, 6.07) is 7.19. The van der Waals surface area contributed by atoms with Crippen LogP contribution in [0.15, 0.2) is 29.4 Å². The fourth-order valence-electron chi connectivity index (χ4n) is 3.42. The molecule has 27 heavy (non-hydrogen) atoms. The van der Waals surface area contributed by atoms with E-state index >= 15 is 0 Å². The van der Waals surface area contributed by atoms with Gasteiger partial charge >= 0.3 is 0 Å². The first kappa shape index (κ1) is 17.9. The van der Waals surface area contributed by atoms with E-state index < -0.39 is 5.79 Å². The van der Waals surface area contributed by atoms with Crippen LogP contribution in [0.4, 0.5) is 11.5 Å². The van der Waals surface area contributed by atoms with Crippen LogP contribution in [-0.4, -0.2) is 27.4 Å². The Hall–Kier alpha value is -2.48. The number of ether oxygens (including phenoxy) is 2. The molecule has 1 aromatic heterocycles. The summed E-state index contributed by atoms with van der Waals surface area (Å²) in [7, 11) is 0. The fourth-order valence-corrected chi connectivity index (χ4v) is 4.13. The van der Waals surface area contributed by atoms with Gasteiger partial charge in [0.25, 0.3) is 5.79 Å². The van der Waals surface area contributed by atoms with Gasteiger partial charge in [-0.25, -0.2) is 9.97 Å². The molecule has 1 saturated carbocycles. The molecule has 1 fully saturated rings. The van der Waals surface area contributed by atoms with E-state index in [2.05, 4.69) is 15.3 Å². The van der Waals surface area contributed by atoms with Gasteiger partial charge in [-0.2, -0.15) is 0 Å². The second-order valence-corrected chi connectivity index (χ2v) is 7.83. The Kier molecular flexibility index (Phi) is 4.82. The Morgan fingerprint density at radius 3 is 2.74 bits per heavy atom. The molecule has 3 N–H and O–H groups in total. The number of aromatic nitrogens is 2. The standard InChI is InChI=1S/C19H22N4O3S/c1-12-9-16(20)23-18(21-12)27-11-17(24)22-13-5-6-14-15(10-13)26-19(25-14)7-3-2-4-8-19/h5-6,9-10H,2-4,7-8,11H2,1H3,(H,22,24)(H2,20,21,23). The van der Waals surface area contributed by atoms with Gasteiger partial charge < -0.3 is 20.5 Å². The Bertz CT molecular complexity index is 848. The van der Waals surface area contributed by atoms with Crippen LogP contribution in [0, 0.1) is 6.92 Å². The second kappa shape index (κ2) is 7.26. The predicted octanol–water partition coefficient (Wildman–Crippen LogP) is 3.53. The summed E-state index contributed by atoms with van der Waals surface area (Å²) < 4.78 is 12.2. The Balaban J connectivity index is 1.36. The van der Waals surface area contributed by atoms with Crippen LogP contribution in [-0.2, 0) is 4.79 Å². The van der Waals surface area contributed by atoms with Crippen LogP contribution in [0.3, 0.4) is 0 Å². The van der Waals surface area contributed by atoms with Crippen LogP contribution in [0.2, 0.25) is 0 Å². The van der Waals surface area contributed by atoms with Gasteiger partial charge in [0, 0.05) is 36.4 Å². The summed E-state index contributed by atoms with van der Waals surface area (Å²) in [5, 5.41) is 3.37. The smallest absolute Gasteiger partial charge is 0.251 e. The highest BCUT2D eigenvalue weighted by atomic mass is 32.2. The van der Waals surface area contributed by atoms with Gasteiger partial charge in [-0.15, -0.1) is 0 Å². The number of thioether (sulfide) groups is 1. The van der Waals surface area contributed by atoms with Gasteiger partial charge in [0.15, 0.2) is 16.7 Å². The molecule has 0 bridgehead atoms. The first-order chi connectivity index (χ1) is 13.0. The summed E-state index contributed by atoms with van der Waals surface area (Å²) in [5.74, 6) is 1.38. The van der Waals surface area contributed by atoms with Crippen molar-refractivity contribution >= 4 is 29.2 Å². The summed E-state index contributed by atoms with van der Waals surface area (Å²) in [4.78, 5) is 20.6. The third-order valence-electron chi connectivity index (χ3n) is 4.62. The minimum absolute atomic E-state index is 0.144. The molecule has 0 saturated heterocycles. The largest absolute Gasteiger partial charge is 0.448 e. The number of hydrogen-bond acceptors (Lipinski definition) is 7. The van der Waals surface area contributed by atoms with Crippen LogP contribution in [0.25, 0.3) is 0 Å². The molecule has 142 valence electrons. The zero-order valence-corrected chi connectivity index (χ0v) is 16.0. The summed E-state index contributed by atoms with van der Waals surface area (Å²) >= 11 is 1.25. The van der Waals surface area contributed by atoms with Crippen LogP contribution >= 0.6 is 11.8 Å². The number of nitrogen functional groups attached to an aromatic ring is 1. The molecule has 0 atom stereocenters. The molecule has 7 nitrogen and oxygen atoms in total. The van der Waals surface area contributed by atoms with E-state index in [-0.39, 0.29) is 11.7 Å². The summed E-state index contributed by atoms with van der Waals surface area (Å²) in [5.41, 5.74) is 7.17. The molecule has 0 unspecified atom stereocenters. The molecular weight excluding hydrogens is 364 g/mol. The number of amides is 1. The second-order valence-electron chi connectivity index (χ2n) is 6.89. The monoisotopic (exact) mass is 386 g/mol. The molecule has 1 amide bonds. The topological polar surface area (TPSA) is 99.4 Å². The third kappa shape index (κ3) is 4.10. The van der Waals surface area contributed by atoms with Gasteiger partial charge in [0.2, 0.25) is 5.91 Å². The van der Waals surface area contributed by atoms with Crippen molar-refractivity contribution in [2.45, 2.75) is 50.0 Å². The molecule has 0 radical (unpaired) electrons. The number of rotatable bonds is 4. The van der Waals surface area contributed by atoms with Crippen LogP contribution in [0.1, 0.15) is 37.8 Å². The molecule has 1 spiro atoms. The first-order valence-electron chi connectivity index (χ1n) is 9.07. The molecular formula is C19H22N4O3S. The van der Waals surface area contributed by atoms with Gasteiger partial charge in [0.05, 0.1) is 5.75 Å². The van der Waals surface area contributed by atoms with E-state index in [1.165, 1.54) is 18.2 Å². The lowest BCUT2D eigenvalue weighted by Crippen LogP contribution is -2.40. The molecule has 1 aliphatic heterocycles. The molecule has 2 aliphatic rings. The minimum atomic E-state index is -0.512. The third-order valence-corrected chi connectivity index (χ3v) is 5.47. The van der Waals surface area contributed by atoms with Crippen molar-refractivity contribution in [2.24, 2.45) is 0 Å². The van der Waals surface area contributed by atoms with E-state index in [1.807, 2.05) is 25.1 Å². The number of nitrogens with two attached hydrogens (primary N) is 1. The van der Waals surface area contributed by atoms with Gasteiger partial charge in [0.1, 0.15) is 5.82 Å². The van der Waals surface area contributed by atoms with E-state index in [1.54, 1.807) is 6.07 Å². The molecule has 1 aliphatic carbocycles. The highest BCUT2D eigenvalue weighted by Crippen LogP contribution is 2.46. The lowest BCUT2D eigenvalue weighted by atomic mass is 9.94. The number of fused-ring (bicyclic) bond motifs is 1. The van der Waals surface area contributed by atoms with Gasteiger partial charge in [-0.1, -0.05) is 18.2 Å². The number of carbonyl (C=O) groups excluding carboxylic acids is 1. The number of hydrogen-bond donors (Lipinski definition) is 2. The van der Waals surface area contributed by atoms with Crippen molar-refractivity contribution in [3.63, 3.8) is 0 Å². The van der Waals surface area contributed by atoms with E-state index in [9.17, 15) is 4.79 Å². The highest BCUT2D eigenvalue weighted by Gasteiger charge is 2.42. The maximum atomic E-state index is 12.3. The zero-order valence-electron chi connectivity index (χ0n) is 15.2. The Morgan fingerprint density at radius 2 is 1.96 bits per heavy atom. The highest BCUT2D eigenvalue weighted by molar-refractivity contribution is 7.99. The normalized spacial score (nSPS) is 17.1. The molecule has 4 rings (SSSR count). The minimum Gasteiger partial charge on any atom is -0.448 e. The van der Waals surface area contributed by atoms with Crippen molar-refractivity contribution < 1.29 is 14.3 Å². The van der Waals surface area contributed by atoms with Crippen molar-refractivity contribution in [1.29, 1.82) is 0 Å². The average molecular weight is 386 g/mol. The van der Waals surface area contributed by atoms with E-state index in [0.717, 1.165) is 37.1 Å². The number of nitrogens with zero attached hydrogens (tertiary/aromatic N) is 2. The van der Waals surface area contributed by atoms with Crippen molar-refractivity contribution in [3.8, 4) is 11.5 Å². The Labute approximate surface area is 162 Å². The first-order valence-corrected chi connectivity index (χ1v) is 10.1. The lowest BCUT2D eigenvalue weighted by Gasteiger charge is -2.31. The average Bonchev–Trinajstić information content (AvgIpc) is 2.96. The van der Waals surface area contributed by atoms with Crippen molar-refractivity contribution in [3.05, 3.63) is 30.0 Å². The maximum Gasteiger partial charge on any atom is 0.251 e. The van der Waals surface area contributed by atoms with E-state index in [4.69, 9.17) is 15.2 Å². The number of aryl methyl sites for hydroxylation is 1. The van der Waals surface area contributed by atoms with Gasteiger partial charge in [-0.3, -0.25) is 4.79 Å². The zero-order chi connectivity index (χ0) is 18.9. The molecule has 8 heteroatoms. The quantitative estimate of drug-likeness (QED) is 0.612. The number of carbonyl (C=O) groups is 1. The molecule has 1 aromatic carbocycles. The predicted molar refractivity (Wildman–Crippen MR) is 104 cm³/mol. The molecule has 2 heterocycles. The Morgan fingerprint density at radius 1 is 1.19 bits per heavy atom. The number of benzene rings is 1. The summed E-state index contributed by atoms with van der Waals surface area (Å²) in [6.07, 6.45) is 5.25. The number of nitrogens with one attached hydrogen (secondary N) is 1. The molecule has 2 aromatic rings. The lowest BCUT2D eigenvalue weighted by molar-refractivity contribution is -0.113. The fraction of sp³-hybridized carbons (Fsp3) is 0.421. The van der Waals surface area contributed by atoms with Crippen LogP contribution < -0.4 is 20.5 Å². The van der Waals surface area contributed by atoms with Crippen LogP contribution in [0.5, 0.6) is 11.5 Å². The van der Waals surface area contributed by atoms with Crippen molar-refractivity contribution in [2.75, 3.05) is 16.8 Å². The maximum absolute atomic E-state index is 12.3. The number of anilines is 2.